The van der Waals surface area contributed by atoms with Crippen molar-refractivity contribution in [3.63, 3.8) is 0 Å². The molecule has 4 rings (SSSR count). The van der Waals surface area contributed by atoms with Gasteiger partial charge in [-0.1, -0.05) is 18.2 Å². The number of nitrogen functional groups attached to an aromatic ring is 1. The molecule has 26 heavy (non-hydrogen) atoms. The lowest BCUT2D eigenvalue weighted by atomic mass is 9.97. The second-order valence-electron chi connectivity index (χ2n) is 6.77. The zero-order chi connectivity index (χ0) is 17.8. The summed E-state index contributed by atoms with van der Waals surface area (Å²) < 4.78 is 11.2. The molecule has 0 radical (unpaired) electrons. The van der Waals surface area contributed by atoms with Crippen molar-refractivity contribution in [3.05, 3.63) is 35.9 Å². The molecule has 0 unspecified atom stereocenters. The molecule has 3 N–H and O–H groups in total. The second-order valence-corrected chi connectivity index (χ2v) is 6.77. The predicted molar refractivity (Wildman–Crippen MR) is 102 cm³/mol. The average molecular weight is 355 g/mol. The fourth-order valence-corrected chi connectivity index (χ4v) is 3.43. The summed E-state index contributed by atoms with van der Waals surface area (Å²) in [7, 11) is 0. The Morgan fingerprint density at radius 3 is 2.88 bits per heavy atom. The van der Waals surface area contributed by atoms with Crippen LogP contribution >= 0.6 is 0 Å². The van der Waals surface area contributed by atoms with Gasteiger partial charge in [-0.15, -0.1) is 0 Å². The van der Waals surface area contributed by atoms with Crippen LogP contribution < -0.4 is 20.7 Å². The number of morpholine rings is 1. The van der Waals surface area contributed by atoms with Crippen LogP contribution in [-0.2, 0) is 11.2 Å². The molecule has 2 aliphatic heterocycles. The number of nitrogens with one attached hydrogen (secondary N) is 1. The van der Waals surface area contributed by atoms with Crippen molar-refractivity contribution in [2.75, 3.05) is 55.4 Å². The van der Waals surface area contributed by atoms with Crippen molar-refractivity contribution < 1.29 is 9.47 Å². The highest BCUT2D eigenvalue weighted by Crippen LogP contribution is 2.27. The summed E-state index contributed by atoms with van der Waals surface area (Å²) in [5.74, 6) is 3.43. The topological polar surface area (TPSA) is 85.5 Å². The van der Waals surface area contributed by atoms with Crippen LogP contribution in [0.15, 0.2) is 30.3 Å². The van der Waals surface area contributed by atoms with Gasteiger partial charge in [-0.3, -0.25) is 0 Å². The van der Waals surface area contributed by atoms with Crippen molar-refractivity contribution in [2.45, 2.75) is 12.8 Å². The van der Waals surface area contributed by atoms with Gasteiger partial charge in [0.05, 0.1) is 19.8 Å². The molecule has 2 aliphatic rings. The summed E-state index contributed by atoms with van der Waals surface area (Å²) in [6.45, 7) is 4.55. The van der Waals surface area contributed by atoms with Gasteiger partial charge in [-0.05, 0) is 30.4 Å². The molecule has 1 fully saturated rings. The number of nitrogens with zero attached hydrogens (tertiary/aromatic N) is 3. The molecule has 1 aromatic carbocycles. The van der Waals surface area contributed by atoms with Crippen LogP contribution in [-0.4, -0.2) is 49.4 Å². The van der Waals surface area contributed by atoms with Gasteiger partial charge < -0.3 is 25.4 Å². The Hall–Kier alpha value is -2.54. The van der Waals surface area contributed by atoms with E-state index in [1.54, 1.807) is 6.07 Å². The molecule has 1 saturated heterocycles. The van der Waals surface area contributed by atoms with Gasteiger partial charge in [0.15, 0.2) is 0 Å². The van der Waals surface area contributed by atoms with E-state index in [1.165, 1.54) is 5.56 Å². The van der Waals surface area contributed by atoms with E-state index in [1.807, 2.05) is 12.1 Å². The molecule has 0 amide bonds. The molecule has 1 atom stereocenters. The number of benzene rings is 1. The van der Waals surface area contributed by atoms with Crippen LogP contribution in [0.1, 0.15) is 12.0 Å². The molecule has 3 heterocycles. The number of nitrogens with two attached hydrogens (primary N) is 1. The summed E-state index contributed by atoms with van der Waals surface area (Å²) in [6.07, 6.45) is 2.01. The Labute approximate surface area is 153 Å². The van der Waals surface area contributed by atoms with Crippen LogP contribution in [0.5, 0.6) is 5.75 Å². The second kappa shape index (κ2) is 7.78. The normalized spacial score (nSPS) is 20.0. The van der Waals surface area contributed by atoms with Gasteiger partial charge in [0.25, 0.3) is 0 Å². The van der Waals surface area contributed by atoms with Gasteiger partial charge >= 0.3 is 0 Å². The third-order valence-electron chi connectivity index (χ3n) is 4.86. The van der Waals surface area contributed by atoms with E-state index in [9.17, 15) is 0 Å². The lowest BCUT2D eigenvalue weighted by Gasteiger charge is -2.27. The Morgan fingerprint density at radius 1 is 1.15 bits per heavy atom. The van der Waals surface area contributed by atoms with Crippen LogP contribution in [0.4, 0.5) is 17.6 Å². The first kappa shape index (κ1) is 16.9. The molecule has 0 aliphatic carbocycles. The molecule has 7 heteroatoms. The minimum atomic E-state index is 0.485. The number of fused-ring (bicyclic) bond motifs is 1. The third-order valence-corrected chi connectivity index (χ3v) is 4.86. The van der Waals surface area contributed by atoms with Crippen molar-refractivity contribution in [2.24, 2.45) is 5.92 Å². The fourth-order valence-electron chi connectivity index (χ4n) is 3.43. The van der Waals surface area contributed by atoms with Gasteiger partial charge in [-0.25, -0.2) is 0 Å². The molecule has 7 nitrogen and oxygen atoms in total. The van der Waals surface area contributed by atoms with E-state index in [0.29, 0.717) is 30.9 Å². The van der Waals surface area contributed by atoms with Crippen molar-refractivity contribution in [3.8, 4) is 5.75 Å². The van der Waals surface area contributed by atoms with Gasteiger partial charge in [0.1, 0.15) is 17.4 Å². The molecule has 2 aromatic rings. The van der Waals surface area contributed by atoms with Crippen LogP contribution in [0.3, 0.4) is 0 Å². The van der Waals surface area contributed by atoms with E-state index in [0.717, 1.165) is 50.7 Å². The first-order valence-electron chi connectivity index (χ1n) is 9.20. The van der Waals surface area contributed by atoms with Crippen molar-refractivity contribution in [1.82, 2.24) is 9.97 Å². The highest BCUT2D eigenvalue weighted by atomic mass is 16.5. The Balaban J connectivity index is 1.42. The fraction of sp³-hybridized carbons (Fsp3) is 0.474. The van der Waals surface area contributed by atoms with Crippen molar-refractivity contribution >= 4 is 17.6 Å². The summed E-state index contributed by atoms with van der Waals surface area (Å²) in [5, 5.41) is 3.45. The standard InChI is InChI=1S/C19H25N5O2/c20-17-12-18(23-19(22-17)24-6-9-25-10-7-24)21-13-14-5-8-26-16-4-2-1-3-15(16)11-14/h1-4,12,14H,5-11,13H2,(H3,20,21,22,23)/t14-/m1/s1. The molecular weight excluding hydrogens is 330 g/mol. The van der Waals surface area contributed by atoms with E-state index in [2.05, 4.69) is 32.3 Å². The Morgan fingerprint density at radius 2 is 2.00 bits per heavy atom. The maximum atomic E-state index is 5.99. The van der Waals surface area contributed by atoms with E-state index in [4.69, 9.17) is 15.2 Å². The minimum absolute atomic E-state index is 0.485. The summed E-state index contributed by atoms with van der Waals surface area (Å²) in [5.41, 5.74) is 7.27. The van der Waals surface area contributed by atoms with Gasteiger partial charge in [0, 0.05) is 25.7 Å². The number of rotatable bonds is 4. The monoisotopic (exact) mass is 355 g/mol. The van der Waals surface area contributed by atoms with E-state index in [-0.39, 0.29) is 0 Å². The van der Waals surface area contributed by atoms with Crippen LogP contribution in [0.2, 0.25) is 0 Å². The first-order chi connectivity index (χ1) is 12.8. The lowest BCUT2D eigenvalue weighted by molar-refractivity contribution is 0.122. The van der Waals surface area contributed by atoms with Crippen LogP contribution in [0, 0.1) is 5.92 Å². The number of hydrogen-bond donors (Lipinski definition) is 2. The maximum Gasteiger partial charge on any atom is 0.229 e. The minimum Gasteiger partial charge on any atom is -0.493 e. The van der Waals surface area contributed by atoms with Crippen LogP contribution in [0.25, 0.3) is 0 Å². The number of aromatic nitrogens is 2. The highest BCUT2D eigenvalue weighted by molar-refractivity contribution is 5.51. The molecular formula is C19H25N5O2. The number of para-hydroxylation sites is 1. The summed E-state index contributed by atoms with van der Waals surface area (Å²) in [6, 6.07) is 10.1. The average Bonchev–Trinajstić information content (AvgIpc) is 2.88. The zero-order valence-corrected chi connectivity index (χ0v) is 14.9. The smallest absolute Gasteiger partial charge is 0.229 e. The number of anilines is 3. The Bertz CT molecular complexity index is 748. The Kier molecular flexibility index (Phi) is 5.06. The number of hydrogen-bond acceptors (Lipinski definition) is 7. The van der Waals surface area contributed by atoms with Gasteiger partial charge in [0.2, 0.25) is 5.95 Å². The lowest BCUT2D eigenvalue weighted by Crippen LogP contribution is -2.37. The quantitative estimate of drug-likeness (QED) is 0.867. The maximum absolute atomic E-state index is 5.99. The number of ether oxygens (including phenoxy) is 2. The molecule has 0 saturated carbocycles. The third kappa shape index (κ3) is 3.99. The molecule has 1 aromatic heterocycles. The highest BCUT2D eigenvalue weighted by Gasteiger charge is 2.19. The van der Waals surface area contributed by atoms with Gasteiger partial charge in [-0.2, -0.15) is 9.97 Å². The predicted octanol–water partition coefficient (Wildman–Crippen LogP) is 1.95. The summed E-state index contributed by atoms with van der Waals surface area (Å²) in [4.78, 5) is 11.1. The molecule has 138 valence electrons. The van der Waals surface area contributed by atoms with E-state index >= 15 is 0 Å². The van der Waals surface area contributed by atoms with E-state index < -0.39 is 0 Å². The molecule has 0 spiro atoms. The largest absolute Gasteiger partial charge is 0.493 e. The first-order valence-corrected chi connectivity index (χ1v) is 9.20. The molecule has 0 bridgehead atoms. The summed E-state index contributed by atoms with van der Waals surface area (Å²) >= 11 is 0. The SMILES string of the molecule is Nc1cc(NC[C@@H]2CCOc3ccccc3C2)nc(N2CCOCC2)n1. The zero-order valence-electron chi connectivity index (χ0n) is 14.9. The van der Waals surface area contributed by atoms with Crippen molar-refractivity contribution in [1.29, 1.82) is 0 Å².